The minimum atomic E-state index is -5.33. The Bertz CT molecular complexity index is 376. The summed E-state index contributed by atoms with van der Waals surface area (Å²) in [4.78, 5) is 0. The molecule has 2 rings (SSSR count). The molecular weight excluding hydrogens is 314 g/mol. The lowest BCUT2D eigenvalue weighted by Crippen LogP contribution is -2.51. The second kappa shape index (κ2) is 6.55. The Balaban J connectivity index is 1.93. The Morgan fingerprint density at radius 1 is 1.00 bits per heavy atom. The first-order valence-corrected chi connectivity index (χ1v) is 7.50. The number of hydrogen-bond acceptors (Lipinski definition) is 2. The van der Waals surface area contributed by atoms with E-state index >= 15 is 0 Å². The molecular formula is C14H20F6O2. The smallest absolute Gasteiger partial charge is 0.369 e. The highest BCUT2D eigenvalue weighted by Crippen LogP contribution is 2.43. The molecule has 0 spiro atoms. The van der Waals surface area contributed by atoms with Crippen molar-refractivity contribution in [2.45, 2.75) is 88.1 Å². The van der Waals surface area contributed by atoms with E-state index in [9.17, 15) is 26.3 Å². The van der Waals surface area contributed by atoms with E-state index in [0.29, 0.717) is 0 Å². The molecule has 0 radical (unpaired) electrons. The molecule has 8 heteroatoms. The van der Waals surface area contributed by atoms with Crippen LogP contribution in [0.4, 0.5) is 26.3 Å². The third-order valence-electron chi connectivity index (χ3n) is 4.41. The van der Waals surface area contributed by atoms with Crippen molar-refractivity contribution in [2.24, 2.45) is 0 Å². The third-order valence-corrected chi connectivity index (χ3v) is 4.41. The van der Waals surface area contributed by atoms with Crippen LogP contribution in [0.2, 0.25) is 0 Å². The van der Waals surface area contributed by atoms with E-state index in [4.69, 9.17) is 9.47 Å². The number of ether oxygens (including phenoxy) is 2. The van der Waals surface area contributed by atoms with Crippen LogP contribution in [-0.2, 0) is 9.47 Å². The van der Waals surface area contributed by atoms with Gasteiger partial charge >= 0.3 is 18.3 Å². The van der Waals surface area contributed by atoms with Crippen molar-refractivity contribution >= 4 is 0 Å². The molecule has 0 aromatic rings. The fourth-order valence-corrected chi connectivity index (χ4v) is 3.03. The number of fused-ring (bicyclic) bond motifs is 1. The lowest BCUT2D eigenvalue weighted by Gasteiger charge is -2.43. The van der Waals surface area contributed by atoms with Crippen LogP contribution in [0, 0.1) is 0 Å². The van der Waals surface area contributed by atoms with Crippen molar-refractivity contribution < 1.29 is 35.8 Å². The fourth-order valence-electron chi connectivity index (χ4n) is 3.03. The maximum Gasteiger partial charge on any atom is 0.369 e. The summed E-state index contributed by atoms with van der Waals surface area (Å²) in [5, 5.41) is 0. The van der Waals surface area contributed by atoms with Gasteiger partial charge in [-0.05, 0) is 26.2 Å². The first kappa shape index (κ1) is 17.8. The molecule has 0 bridgehead atoms. The first-order chi connectivity index (χ1) is 10.1. The Hall–Kier alpha value is -0.500. The van der Waals surface area contributed by atoms with E-state index in [2.05, 4.69) is 0 Å². The number of halogens is 6. The maximum absolute atomic E-state index is 13.3. The average Bonchev–Trinajstić information content (AvgIpc) is 2.44. The van der Waals surface area contributed by atoms with Gasteiger partial charge in [0, 0.05) is 6.42 Å². The quantitative estimate of drug-likeness (QED) is 0.693. The second-order valence-electron chi connectivity index (χ2n) is 6.04. The predicted octanol–water partition coefficient (Wildman–Crippen LogP) is 4.42. The molecule has 130 valence electrons. The van der Waals surface area contributed by atoms with Crippen molar-refractivity contribution in [1.82, 2.24) is 0 Å². The van der Waals surface area contributed by atoms with Crippen LogP contribution < -0.4 is 0 Å². The molecule has 2 nitrogen and oxygen atoms in total. The zero-order valence-electron chi connectivity index (χ0n) is 12.2. The molecule has 1 aliphatic heterocycles. The van der Waals surface area contributed by atoms with Gasteiger partial charge in [-0.1, -0.05) is 12.8 Å². The van der Waals surface area contributed by atoms with Gasteiger partial charge in [-0.15, -0.1) is 0 Å². The van der Waals surface area contributed by atoms with Crippen LogP contribution in [0.5, 0.6) is 0 Å². The first-order valence-electron chi connectivity index (χ1n) is 7.50. The largest absolute Gasteiger partial charge is 0.370 e. The topological polar surface area (TPSA) is 18.5 Å². The van der Waals surface area contributed by atoms with Crippen molar-refractivity contribution in [3.63, 3.8) is 0 Å². The summed E-state index contributed by atoms with van der Waals surface area (Å²) >= 11 is 0. The highest BCUT2D eigenvalue weighted by molar-refractivity contribution is 4.90. The van der Waals surface area contributed by atoms with Gasteiger partial charge in [-0.3, -0.25) is 0 Å². The predicted molar refractivity (Wildman–Crippen MR) is 66.6 cm³/mol. The fraction of sp³-hybridized carbons (Fsp3) is 1.00. The summed E-state index contributed by atoms with van der Waals surface area (Å²) in [5.74, 6) is -10.1. The van der Waals surface area contributed by atoms with Crippen molar-refractivity contribution in [3.8, 4) is 0 Å². The summed E-state index contributed by atoms with van der Waals surface area (Å²) in [7, 11) is 0. The second-order valence-corrected chi connectivity index (χ2v) is 6.04. The zero-order valence-corrected chi connectivity index (χ0v) is 12.2. The molecule has 2 fully saturated rings. The molecule has 22 heavy (non-hydrogen) atoms. The van der Waals surface area contributed by atoms with Gasteiger partial charge in [0.25, 0.3) is 0 Å². The number of rotatable bonds is 5. The van der Waals surface area contributed by atoms with Crippen molar-refractivity contribution in [3.05, 3.63) is 0 Å². The molecule has 1 heterocycles. The third kappa shape index (κ3) is 3.53. The minimum Gasteiger partial charge on any atom is -0.370 e. The molecule has 4 atom stereocenters. The average molecular weight is 334 g/mol. The van der Waals surface area contributed by atoms with Gasteiger partial charge in [0.15, 0.2) is 0 Å². The Morgan fingerprint density at radius 3 is 2.09 bits per heavy atom. The van der Waals surface area contributed by atoms with Gasteiger partial charge < -0.3 is 9.47 Å². The summed E-state index contributed by atoms with van der Waals surface area (Å²) in [6, 6.07) is 0. The molecule has 2 aliphatic rings. The SMILES string of the molecule is CC1OC2CCCCC2OC1CCC(F)(F)C(F)(F)C(F)F. The molecule has 1 saturated carbocycles. The summed E-state index contributed by atoms with van der Waals surface area (Å²) in [6.45, 7) is 1.62. The number of hydrogen-bond donors (Lipinski definition) is 0. The monoisotopic (exact) mass is 334 g/mol. The normalized spacial score (nSPS) is 33.8. The van der Waals surface area contributed by atoms with Gasteiger partial charge in [0.2, 0.25) is 0 Å². The van der Waals surface area contributed by atoms with E-state index < -0.39 is 43.3 Å². The van der Waals surface area contributed by atoms with E-state index in [-0.39, 0.29) is 12.2 Å². The Morgan fingerprint density at radius 2 is 1.55 bits per heavy atom. The van der Waals surface area contributed by atoms with Gasteiger partial charge in [-0.2, -0.15) is 17.6 Å². The van der Waals surface area contributed by atoms with E-state index in [1.165, 1.54) is 0 Å². The molecule has 0 aromatic carbocycles. The highest BCUT2D eigenvalue weighted by Gasteiger charge is 2.62. The van der Waals surface area contributed by atoms with Crippen LogP contribution in [-0.4, -0.2) is 42.7 Å². The Labute approximate surface area is 125 Å². The summed E-state index contributed by atoms with van der Waals surface area (Å²) < 4.78 is 88.0. The van der Waals surface area contributed by atoms with Gasteiger partial charge in [0.05, 0.1) is 24.4 Å². The van der Waals surface area contributed by atoms with Crippen molar-refractivity contribution in [1.29, 1.82) is 0 Å². The standard InChI is InChI=1S/C14H20F6O2/c1-8-9(22-11-5-3-2-4-10(11)21-8)6-7-13(17,18)14(19,20)12(15)16/h8-12H,2-7H2,1H3. The lowest BCUT2D eigenvalue weighted by molar-refractivity contribution is -0.273. The van der Waals surface area contributed by atoms with E-state index in [0.717, 1.165) is 25.7 Å². The molecule has 0 amide bonds. The molecule has 0 aromatic heterocycles. The van der Waals surface area contributed by atoms with Gasteiger partial charge in [0.1, 0.15) is 0 Å². The summed E-state index contributed by atoms with van der Waals surface area (Å²) in [6.07, 6.45) is -4.33. The zero-order chi connectivity index (χ0) is 16.5. The minimum absolute atomic E-state index is 0.0944. The molecule has 4 unspecified atom stereocenters. The Kier molecular flexibility index (Phi) is 5.31. The molecule has 1 saturated heterocycles. The van der Waals surface area contributed by atoms with E-state index in [1.54, 1.807) is 6.92 Å². The lowest BCUT2D eigenvalue weighted by atomic mass is 9.91. The number of alkyl halides is 6. The van der Waals surface area contributed by atoms with Gasteiger partial charge in [-0.25, -0.2) is 8.78 Å². The van der Waals surface area contributed by atoms with Crippen LogP contribution in [0.25, 0.3) is 0 Å². The highest BCUT2D eigenvalue weighted by atomic mass is 19.3. The van der Waals surface area contributed by atoms with Crippen LogP contribution in [0.1, 0.15) is 45.4 Å². The maximum atomic E-state index is 13.3. The summed E-state index contributed by atoms with van der Waals surface area (Å²) in [5.41, 5.74) is 0. The van der Waals surface area contributed by atoms with Crippen LogP contribution in [0.3, 0.4) is 0 Å². The molecule has 1 aliphatic carbocycles. The van der Waals surface area contributed by atoms with Crippen LogP contribution >= 0.6 is 0 Å². The molecule has 0 N–H and O–H groups in total. The van der Waals surface area contributed by atoms with Crippen LogP contribution in [0.15, 0.2) is 0 Å². The van der Waals surface area contributed by atoms with E-state index in [1.807, 2.05) is 0 Å². The van der Waals surface area contributed by atoms with Crippen molar-refractivity contribution in [2.75, 3.05) is 0 Å².